The van der Waals surface area contributed by atoms with Gasteiger partial charge in [-0.2, -0.15) is 5.10 Å². The van der Waals surface area contributed by atoms with Crippen LogP contribution in [0, 0.1) is 6.92 Å². The SMILES string of the molecule is CCc1cc(-c2ncccc2C)n[nH]1. The van der Waals surface area contributed by atoms with Crippen molar-refractivity contribution in [3.05, 3.63) is 35.7 Å². The molecule has 0 spiro atoms. The number of aromatic amines is 1. The molecule has 72 valence electrons. The Morgan fingerprint density at radius 2 is 2.29 bits per heavy atom. The van der Waals surface area contributed by atoms with Crippen LogP contribution in [0.2, 0.25) is 0 Å². The summed E-state index contributed by atoms with van der Waals surface area (Å²) >= 11 is 0. The first-order chi connectivity index (χ1) is 6.81. The fourth-order valence-corrected chi connectivity index (χ4v) is 1.42. The van der Waals surface area contributed by atoms with Crippen molar-refractivity contribution in [1.29, 1.82) is 0 Å². The quantitative estimate of drug-likeness (QED) is 0.784. The van der Waals surface area contributed by atoms with Gasteiger partial charge in [0, 0.05) is 11.9 Å². The molecule has 0 radical (unpaired) electrons. The maximum atomic E-state index is 4.31. The molecule has 0 fully saturated rings. The predicted octanol–water partition coefficient (Wildman–Crippen LogP) is 2.34. The number of aromatic nitrogens is 3. The van der Waals surface area contributed by atoms with Gasteiger partial charge in [-0.3, -0.25) is 10.1 Å². The van der Waals surface area contributed by atoms with Gasteiger partial charge in [0.1, 0.15) is 5.69 Å². The Hall–Kier alpha value is -1.64. The maximum absolute atomic E-state index is 4.31. The minimum atomic E-state index is 0.931. The van der Waals surface area contributed by atoms with E-state index in [1.54, 1.807) is 6.20 Å². The van der Waals surface area contributed by atoms with Crippen LogP contribution in [0.25, 0.3) is 11.4 Å². The summed E-state index contributed by atoms with van der Waals surface area (Å²) in [4.78, 5) is 4.31. The van der Waals surface area contributed by atoms with Gasteiger partial charge in [0.05, 0.1) is 5.69 Å². The van der Waals surface area contributed by atoms with Crippen molar-refractivity contribution >= 4 is 0 Å². The highest BCUT2D eigenvalue weighted by atomic mass is 15.1. The zero-order valence-corrected chi connectivity index (χ0v) is 8.41. The molecule has 0 aromatic carbocycles. The van der Waals surface area contributed by atoms with E-state index in [-0.39, 0.29) is 0 Å². The van der Waals surface area contributed by atoms with E-state index >= 15 is 0 Å². The number of hydrogen-bond donors (Lipinski definition) is 1. The molecule has 0 aliphatic carbocycles. The number of aryl methyl sites for hydroxylation is 2. The minimum absolute atomic E-state index is 0.931. The average molecular weight is 187 g/mol. The van der Waals surface area contributed by atoms with Crippen LogP contribution >= 0.6 is 0 Å². The lowest BCUT2D eigenvalue weighted by molar-refractivity contribution is 0.974. The molecule has 14 heavy (non-hydrogen) atoms. The molecule has 2 aromatic rings. The highest BCUT2D eigenvalue weighted by Crippen LogP contribution is 2.18. The zero-order chi connectivity index (χ0) is 9.97. The number of nitrogens with one attached hydrogen (secondary N) is 1. The fourth-order valence-electron chi connectivity index (χ4n) is 1.42. The van der Waals surface area contributed by atoms with Crippen LogP contribution in [0.3, 0.4) is 0 Å². The Morgan fingerprint density at radius 1 is 1.43 bits per heavy atom. The van der Waals surface area contributed by atoms with E-state index in [1.807, 2.05) is 19.1 Å². The monoisotopic (exact) mass is 187 g/mol. The maximum Gasteiger partial charge on any atom is 0.111 e. The predicted molar refractivity (Wildman–Crippen MR) is 55.9 cm³/mol. The third-order valence-electron chi connectivity index (χ3n) is 2.26. The second kappa shape index (κ2) is 3.62. The summed E-state index contributed by atoms with van der Waals surface area (Å²) in [6.07, 6.45) is 2.77. The van der Waals surface area contributed by atoms with Gasteiger partial charge in [0.25, 0.3) is 0 Å². The van der Waals surface area contributed by atoms with Gasteiger partial charge >= 0.3 is 0 Å². The summed E-state index contributed by atoms with van der Waals surface area (Å²) in [7, 11) is 0. The molecule has 0 aliphatic heterocycles. The van der Waals surface area contributed by atoms with Crippen LogP contribution in [-0.2, 0) is 6.42 Å². The Labute approximate surface area is 83.2 Å². The molecule has 0 atom stereocenters. The van der Waals surface area contributed by atoms with Crippen LogP contribution < -0.4 is 0 Å². The topological polar surface area (TPSA) is 41.6 Å². The summed E-state index contributed by atoms with van der Waals surface area (Å²) in [6.45, 7) is 4.14. The van der Waals surface area contributed by atoms with E-state index in [2.05, 4.69) is 28.2 Å². The number of hydrogen-bond acceptors (Lipinski definition) is 2. The third kappa shape index (κ3) is 1.53. The fraction of sp³-hybridized carbons (Fsp3) is 0.273. The van der Waals surface area contributed by atoms with E-state index in [4.69, 9.17) is 0 Å². The molecule has 2 heterocycles. The van der Waals surface area contributed by atoms with Gasteiger partial charge < -0.3 is 0 Å². The van der Waals surface area contributed by atoms with Crippen LogP contribution in [0.1, 0.15) is 18.2 Å². The number of H-pyrrole nitrogens is 1. The molecule has 0 unspecified atom stereocenters. The van der Waals surface area contributed by atoms with Gasteiger partial charge in [0.15, 0.2) is 0 Å². The molecule has 0 aliphatic rings. The normalized spacial score (nSPS) is 10.4. The smallest absolute Gasteiger partial charge is 0.111 e. The summed E-state index contributed by atoms with van der Waals surface area (Å²) in [5.74, 6) is 0. The van der Waals surface area contributed by atoms with Crippen molar-refractivity contribution in [1.82, 2.24) is 15.2 Å². The van der Waals surface area contributed by atoms with Gasteiger partial charge in [-0.1, -0.05) is 13.0 Å². The Balaban J connectivity index is 2.44. The summed E-state index contributed by atoms with van der Waals surface area (Å²) in [5.41, 5.74) is 4.19. The third-order valence-corrected chi connectivity index (χ3v) is 2.26. The molecule has 0 saturated heterocycles. The summed E-state index contributed by atoms with van der Waals surface area (Å²) in [5, 5.41) is 7.22. The minimum Gasteiger partial charge on any atom is -0.282 e. The first-order valence-electron chi connectivity index (χ1n) is 4.77. The van der Waals surface area contributed by atoms with Crippen molar-refractivity contribution in [3.63, 3.8) is 0 Å². The number of rotatable bonds is 2. The van der Waals surface area contributed by atoms with Crippen LogP contribution in [0.4, 0.5) is 0 Å². The molecule has 0 saturated carbocycles. The van der Waals surface area contributed by atoms with Crippen molar-refractivity contribution in [3.8, 4) is 11.4 Å². The molecule has 2 rings (SSSR count). The van der Waals surface area contributed by atoms with Gasteiger partial charge in [-0.05, 0) is 31.0 Å². The van der Waals surface area contributed by atoms with E-state index in [0.717, 1.165) is 29.1 Å². The van der Waals surface area contributed by atoms with E-state index in [0.29, 0.717) is 0 Å². The molecule has 3 nitrogen and oxygen atoms in total. The second-order valence-electron chi connectivity index (χ2n) is 3.30. The lowest BCUT2D eigenvalue weighted by Gasteiger charge is -1.98. The lowest BCUT2D eigenvalue weighted by atomic mass is 10.1. The van der Waals surface area contributed by atoms with Crippen molar-refractivity contribution in [2.45, 2.75) is 20.3 Å². The van der Waals surface area contributed by atoms with Gasteiger partial charge in [-0.15, -0.1) is 0 Å². The first-order valence-corrected chi connectivity index (χ1v) is 4.77. The Bertz CT molecular complexity index is 432. The molecule has 1 N–H and O–H groups in total. The highest BCUT2D eigenvalue weighted by molar-refractivity contribution is 5.58. The molecule has 3 heteroatoms. The average Bonchev–Trinajstić information content (AvgIpc) is 2.67. The van der Waals surface area contributed by atoms with Crippen molar-refractivity contribution < 1.29 is 0 Å². The number of pyridine rings is 1. The molecular weight excluding hydrogens is 174 g/mol. The molecule has 0 amide bonds. The van der Waals surface area contributed by atoms with E-state index in [9.17, 15) is 0 Å². The van der Waals surface area contributed by atoms with Crippen LogP contribution in [0.5, 0.6) is 0 Å². The summed E-state index contributed by atoms with van der Waals surface area (Å²) < 4.78 is 0. The Kier molecular flexibility index (Phi) is 2.31. The van der Waals surface area contributed by atoms with E-state index < -0.39 is 0 Å². The molecule has 0 bridgehead atoms. The lowest BCUT2D eigenvalue weighted by Crippen LogP contribution is -1.86. The zero-order valence-electron chi connectivity index (χ0n) is 8.41. The largest absolute Gasteiger partial charge is 0.282 e. The summed E-state index contributed by atoms with van der Waals surface area (Å²) in [6, 6.07) is 6.03. The molecule has 2 aromatic heterocycles. The van der Waals surface area contributed by atoms with Crippen LogP contribution in [-0.4, -0.2) is 15.2 Å². The van der Waals surface area contributed by atoms with Crippen molar-refractivity contribution in [2.75, 3.05) is 0 Å². The van der Waals surface area contributed by atoms with Gasteiger partial charge in [0.2, 0.25) is 0 Å². The number of nitrogens with zero attached hydrogens (tertiary/aromatic N) is 2. The standard InChI is InChI=1S/C11H13N3/c1-3-9-7-10(14-13-9)11-8(2)5-4-6-12-11/h4-7H,3H2,1-2H3,(H,13,14). The Morgan fingerprint density at radius 3 is 2.93 bits per heavy atom. The molecular formula is C11H13N3. The highest BCUT2D eigenvalue weighted by Gasteiger charge is 2.06. The first kappa shape index (κ1) is 8.94. The van der Waals surface area contributed by atoms with E-state index in [1.165, 1.54) is 0 Å². The second-order valence-corrected chi connectivity index (χ2v) is 3.30. The van der Waals surface area contributed by atoms with Crippen LogP contribution in [0.15, 0.2) is 24.4 Å². The van der Waals surface area contributed by atoms with Gasteiger partial charge in [-0.25, -0.2) is 0 Å². The van der Waals surface area contributed by atoms with Crippen molar-refractivity contribution in [2.24, 2.45) is 0 Å².